The molecule has 0 bridgehead atoms. The number of hydrogen-bond donors (Lipinski definition) is 2. The lowest BCUT2D eigenvalue weighted by atomic mass is 10.2. The second-order valence-electron chi connectivity index (χ2n) is 3.06. The standard InChI is InChI=1S/C9H13N3O/c1-7(2)3-4-9(13)11-8-5-6-10-12-8/h3-7H,1-2H3,(H2,10,11,12,13)/b4-3+. The molecule has 1 aromatic heterocycles. The van der Waals surface area contributed by atoms with E-state index in [1.54, 1.807) is 12.3 Å². The molecule has 0 aliphatic rings. The lowest BCUT2D eigenvalue weighted by molar-refractivity contribution is -0.112. The Kier molecular flexibility index (Phi) is 3.25. The summed E-state index contributed by atoms with van der Waals surface area (Å²) < 4.78 is 0. The van der Waals surface area contributed by atoms with Crippen LogP contribution >= 0.6 is 0 Å². The molecule has 0 aliphatic heterocycles. The Labute approximate surface area is 77.0 Å². The number of hydrogen-bond acceptors (Lipinski definition) is 2. The lowest BCUT2D eigenvalue weighted by Crippen LogP contribution is -2.08. The van der Waals surface area contributed by atoms with E-state index in [-0.39, 0.29) is 5.91 Å². The summed E-state index contributed by atoms with van der Waals surface area (Å²) in [5.74, 6) is 0.851. The molecule has 0 spiro atoms. The first-order valence-electron chi connectivity index (χ1n) is 4.17. The number of aromatic amines is 1. The van der Waals surface area contributed by atoms with Crippen molar-refractivity contribution in [1.29, 1.82) is 0 Å². The van der Waals surface area contributed by atoms with Crippen molar-refractivity contribution < 1.29 is 4.79 Å². The first-order chi connectivity index (χ1) is 6.18. The van der Waals surface area contributed by atoms with E-state index in [0.29, 0.717) is 11.7 Å². The van der Waals surface area contributed by atoms with Gasteiger partial charge in [0.25, 0.3) is 0 Å². The second-order valence-corrected chi connectivity index (χ2v) is 3.06. The molecule has 0 fully saturated rings. The van der Waals surface area contributed by atoms with Crippen molar-refractivity contribution in [3.8, 4) is 0 Å². The van der Waals surface area contributed by atoms with Crippen molar-refractivity contribution >= 4 is 11.7 Å². The minimum atomic E-state index is -0.141. The van der Waals surface area contributed by atoms with Crippen molar-refractivity contribution in [3.05, 3.63) is 24.4 Å². The van der Waals surface area contributed by atoms with Gasteiger partial charge in [0, 0.05) is 6.07 Å². The van der Waals surface area contributed by atoms with Gasteiger partial charge in [0.2, 0.25) is 5.91 Å². The van der Waals surface area contributed by atoms with Crippen LogP contribution in [0.3, 0.4) is 0 Å². The number of allylic oxidation sites excluding steroid dienone is 1. The maximum atomic E-state index is 11.2. The van der Waals surface area contributed by atoms with Gasteiger partial charge in [-0.15, -0.1) is 0 Å². The van der Waals surface area contributed by atoms with E-state index in [0.717, 1.165) is 0 Å². The van der Waals surface area contributed by atoms with Crippen LogP contribution in [0.25, 0.3) is 0 Å². The van der Waals surface area contributed by atoms with Gasteiger partial charge >= 0.3 is 0 Å². The van der Waals surface area contributed by atoms with Gasteiger partial charge in [0.15, 0.2) is 0 Å². The largest absolute Gasteiger partial charge is 0.307 e. The summed E-state index contributed by atoms with van der Waals surface area (Å²) in [5, 5.41) is 8.98. The summed E-state index contributed by atoms with van der Waals surface area (Å²) in [6.45, 7) is 4.03. The number of nitrogens with zero attached hydrogens (tertiary/aromatic N) is 1. The Hall–Kier alpha value is -1.58. The number of rotatable bonds is 3. The summed E-state index contributed by atoms with van der Waals surface area (Å²) in [4.78, 5) is 11.2. The van der Waals surface area contributed by atoms with Crippen molar-refractivity contribution in [3.63, 3.8) is 0 Å². The van der Waals surface area contributed by atoms with Crippen LogP contribution in [0.15, 0.2) is 24.4 Å². The van der Waals surface area contributed by atoms with Gasteiger partial charge in [-0.3, -0.25) is 9.89 Å². The van der Waals surface area contributed by atoms with Crippen LogP contribution in [0.1, 0.15) is 13.8 Å². The fourth-order valence-electron chi connectivity index (χ4n) is 0.780. The molecule has 1 amide bonds. The summed E-state index contributed by atoms with van der Waals surface area (Å²) in [7, 11) is 0. The molecule has 1 heterocycles. The molecule has 13 heavy (non-hydrogen) atoms. The van der Waals surface area contributed by atoms with Gasteiger partial charge in [0.1, 0.15) is 5.82 Å². The molecular formula is C9H13N3O. The topological polar surface area (TPSA) is 57.8 Å². The summed E-state index contributed by atoms with van der Waals surface area (Å²) >= 11 is 0. The molecule has 0 atom stereocenters. The quantitative estimate of drug-likeness (QED) is 0.692. The SMILES string of the molecule is CC(C)/C=C/C(=O)Nc1ccn[nH]1. The van der Waals surface area contributed by atoms with Gasteiger partial charge in [-0.25, -0.2) is 0 Å². The molecule has 0 radical (unpaired) electrons. The van der Waals surface area contributed by atoms with Crippen molar-refractivity contribution in [2.75, 3.05) is 5.32 Å². The molecule has 1 rings (SSSR count). The van der Waals surface area contributed by atoms with Crippen LogP contribution in [-0.4, -0.2) is 16.1 Å². The van der Waals surface area contributed by atoms with Crippen LogP contribution in [0.5, 0.6) is 0 Å². The number of nitrogens with one attached hydrogen (secondary N) is 2. The molecule has 0 aromatic carbocycles. The van der Waals surface area contributed by atoms with Crippen LogP contribution in [0.2, 0.25) is 0 Å². The van der Waals surface area contributed by atoms with Crippen molar-refractivity contribution in [2.24, 2.45) is 5.92 Å². The Morgan fingerprint density at radius 3 is 3.00 bits per heavy atom. The first kappa shape index (κ1) is 9.51. The van der Waals surface area contributed by atoms with E-state index in [2.05, 4.69) is 15.5 Å². The highest BCUT2D eigenvalue weighted by Gasteiger charge is 1.97. The third kappa shape index (κ3) is 3.55. The summed E-state index contributed by atoms with van der Waals surface area (Å²) in [6, 6.07) is 1.70. The van der Waals surface area contributed by atoms with E-state index in [1.807, 2.05) is 19.9 Å². The number of aromatic nitrogens is 2. The average Bonchev–Trinajstić information content (AvgIpc) is 2.53. The van der Waals surface area contributed by atoms with E-state index in [1.165, 1.54) is 6.08 Å². The molecule has 2 N–H and O–H groups in total. The number of H-pyrrole nitrogens is 1. The maximum Gasteiger partial charge on any atom is 0.249 e. The monoisotopic (exact) mass is 179 g/mol. The lowest BCUT2D eigenvalue weighted by Gasteiger charge is -1.97. The highest BCUT2D eigenvalue weighted by Crippen LogP contribution is 1.99. The van der Waals surface area contributed by atoms with Gasteiger partial charge in [0.05, 0.1) is 6.20 Å². The number of anilines is 1. The fraction of sp³-hybridized carbons (Fsp3) is 0.333. The van der Waals surface area contributed by atoms with Gasteiger partial charge in [-0.2, -0.15) is 5.10 Å². The first-order valence-corrected chi connectivity index (χ1v) is 4.17. The number of carbonyl (C=O) groups is 1. The third-order valence-electron chi connectivity index (χ3n) is 1.39. The van der Waals surface area contributed by atoms with E-state index in [9.17, 15) is 4.79 Å². The van der Waals surface area contributed by atoms with Crippen LogP contribution in [-0.2, 0) is 4.79 Å². The van der Waals surface area contributed by atoms with E-state index in [4.69, 9.17) is 0 Å². The smallest absolute Gasteiger partial charge is 0.249 e. The Balaban J connectivity index is 2.43. The number of amides is 1. The molecule has 4 nitrogen and oxygen atoms in total. The van der Waals surface area contributed by atoms with Gasteiger partial charge < -0.3 is 5.32 Å². The molecule has 4 heteroatoms. The zero-order valence-corrected chi connectivity index (χ0v) is 7.74. The minimum absolute atomic E-state index is 0.141. The highest BCUT2D eigenvalue weighted by atomic mass is 16.1. The molecule has 1 aromatic rings. The Morgan fingerprint density at radius 2 is 2.46 bits per heavy atom. The predicted octanol–water partition coefficient (Wildman–Crippen LogP) is 1.56. The minimum Gasteiger partial charge on any atom is -0.307 e. The second kappa shape index (κ2) is 4.45. The number of carbonyl (C=O) groups excluding carboxylic acids is 1. The zero-order valence-electron chi connectivity index (χ0n) is 7.74. The molecule has 0 saturated heterocycles. The van der Waals surface area contributed by atoms with Gasteiger partial charge in [-0.05, 0) is 12.0 Å². The van der Waals surface area contributed by atoms with Crippen LogP contribution in [0, 0.1) is 5.92 Å². The van der Waals surface area contributed by atoms with Gasteiger partial charge in [-0.1, -0.05) is 19.9 Å². The van der Waals surface area contributed by atoms with Crippen molar-refractivity contribution in [2.45, 2.75) is 13.8 Å². The summed E-state index contributed by atoms with van der Waals surface area (Å²) in [6.07, 6.45) is 4.94. The van der Waals surface area contributed by atoms with E-state index < -0.39 is 0 Å². The molecular weight excluding hydrogens is 166 g/mol. The van der Waals surface area contributed by atoms with Crippen molar-refractivity contribution in [1.82, 2.24) is 10.2 Å². The Morgan fingerprint density at radius 1 is 1.69 bits per heavy atom. The third-order valence-corrected chi connectivity index (χ3v) is 1.39. The van der Waals surface area contributed by atoms with Crippen LogP contribution < -0.4 is 5.32 Å². The summed E-state index contributed by atoms with van der Waals surface area (Å²) in [5.41, 5.74) is 0. The Bertz CT molecular complexity index is 288. The zero-order chi connectivity index (χ0) is 9.68. The fourth-order valence-corrected chi connectivity index (χ4v) is 0.780. The maximum absolute atomic E-state index is 11.2. The molecule has 70 valence electrons. The normalized spacial score (nSPS) is 11.0. The average molecular weight is 179 g/mol. The predicted molar refractivity (Wildman–Crippen MR) is 51.2 cm³/mol. The van der Waals surface area contributed by atoms with E-state index >= 15 is 0 Å². The molecule has 0 saturated carbocycles. The highest BCUT2D eigenvalue weighted by molar-refractivity contribution is 5.98. The molecule has 0 aliphatic carbocycles. The van der Waals surface area contributed by atoms with Crippen LogP contribution in [0.4, 0.5) is 5.82 Å². The molecule has 0 unspecified atom stereocenters.